The first kappa shape index (κ1) is 56.9. The fraction of sp³-hybridized carbons (Fsp3) is 0.345. The minimum absolute atomic E-state index is 0. The van der Waals surface area contributed by atoms with Gasteiger partial charge in [-0.25, -0.2) is 9.97 Å². The number of nitrogens with zero attached hydrogens (tertiary/aromatic N) is 6. The molecule has 7 heterocycles. The molecule has 3 fully saturated rings. The minimum atomic E-state index is -3.72. The van der Waals surface area contributed by atoms with Gasteiger partial charge in [0.15, 0.2) is 23.0 Å². The number of pyridine rings is 4. The number of carbonyl (C=O) groups excluding carboxylic acids is 2. The Morgan fingerprint density at radius 1 is 0.633 bits per heavy atom. The van der Waals surface area contributed by atoms with E-state index in [0.29, 0.717) is 64.9 Å². The van der Waals surface area contributed by atoms with Crippen LogP contribution in [0.15, 0.2) is 107 Å². The summed E-state index contributed by atoms with van der Waals surface area (Å²) in [6.07, 6.45) is -1.92. The highest BCUT2D eigenvalue weighted by Gasteiger charge is 2.55. The van der Waals surface area contributed by atoms with Crippen LogP contribution in [0.1, 0.15) is 83.1 Å². The molecule has 2 N–H and O–H groups in total. The first-order chi connectivity index (χ1) is 36.8. The van der Waals surface area contributed by atoms with E-state index < -0.39 is 41.7 Å². The van der Waals surface area contributed by atoms with Crippen molar-refractivity contribution in [3.05, 3.63) is 145 Å². The van der Waals surface area contributed by atoms with E-state index in [-0.39, 0.29) is 66.4 Å². The molecule has 6 aromatic rings. The molecular weight excluding hydrogens is 1050 g/mol. The third-order valence-corrected chi connectivity index (χ3v) is 14.5. The maximum absolute atomic E-state index is 13.4. The summed E-state index contributed by atoms with van der Waals surface area (Å²) in [7, 11) is -0.518. The van der Waals surface area contributed by atoms with E-state index in [4.69, 9.17) is 31.4 Å². The molecule has 410 valence electrons. The lowest BCUT2D eigenvalue weighted by molar-refractivity contribution is -0.287. The Kier molecular flexibility index (Phi) is 15.3. The van der Waals surface area contributed by atoms with Gasteiger partial charge < -0.3 is 48.0 Å². The number of anilines is 2. The lowest BCUT2D eigenvalue weighted by Crippen LogP contribution is -2.41. The molecule has 11 rings (SSSR count). The van der Waals surface area contributed by atoms with Crippen LogP contribution in [0, 0.1) is 36.5 Å². The zero-order valence-corrected chi connectivity index (χ0v) is 43.5. The average molecular weight is 1110 g/mol. The number of hydrogen-bond donors (Lipinski definition) is 2. The van der Waals surface area contributed by atoms with Crippen LogP contribution in [0.4, 0.5) is 29.2 Å². The second-order valence-corrected chi connectivity index (χ2v) is 20.5. The number of benzene rings is 2. The molecule has 4 aromatic heterocycles. The number of carbonyl (C=O) groups is 2. The lowest BCUT2D eigenvalue weighted by atomic mass is 9.80. The number of fused-ring (bicyclic) bond motifs is 2. The second-order valence-electron chi connectivity index (χ2n) is 20.1. The van der Waals surface area contributed by atoms with Gasteiger partial charge in [0, 0.05) is 30.1 Å². The van der Waals surface area contributed by atoms with Gasteiger partial charge in [-0.3, -0.25) is 19.2 Å². The maximum Gasteiger partial charge on any atom is 0.586 e. The quantitative estimate of drug-likeness (QED) is 0.0741. The summed E-state index contributed by atoms with van der Waals surface area (Å²) < 4.78 is 85.3. The molecule has 2 saturated carbocycles. The molecule has 18 nitrogen and oxygen atoms in total. The number of ether oxygens (including phenoxy) is 4. The molecule has 0 radical (unpaired) electrons. The number of rotatable bonds is 10. The number of nitrogens with one attached hydrogen (secondary N) is 2. The predicted molar refractivity (Wildman–Crippen MR) is 281 cm³/mol. The Labute approximate surface area is 455 Å². The largest absolute Gasteiger partial charge is 0.586 e. The minimum Gasteiger partial charge on any atom is -0.399 e. The van der Waals surface area contributed by atoms with Gasteiger partial charge in [0.05, 0.1) is 39.9 Å². The zero-order chi connectivity index (χ0) is 56.2. The van der Waals surface area contributed by atoms with Crippen LogP contribution in [-0.2, 0) is 42.8 Å². The number of aromatic nitrogens is 4. The first-order valence-electron chi connectivity index (χ1n) is 24.3. The van der Waals surface area contributed by atoms with Crippen LogP contribution >= 0.6 is 11.6 Å². The Balaban J connectivity index is 0.000000162. The van der Waals surface area contributed by atoms with E-state index in [1.807, 2.05) is 53.7 Å². The SMILES string of the molecule is C.CC1(C)OB(c2ccc(=O)n(CC#N)c2)OC1(C)C.Cc1ccc(NC(=O)C2(c3ccc4c(c3)OC(F)(F)O4)CC2)nc1-c1ccc(=O)n(CC#N)c1.Cc1ccc(NC(=O)C2(c3ccc4c(c3)OC(F)(F)O4)CC2)nc1Cl. The third-order valence-electron chi connectivity index (χ3n) is 14.2. The van der Waals surface area contributed by atoms with Crippen LogP contribution in [0.5, 0.6) is 23.0 Å². The van der Waals surface area contributed by atoms with E-state index in [0.717, 1.165) is 16.6 Å². The predicted octanol–water partition coefficient (Wildman–Crippen LogP) is 9.08. The van der Waals surface area contributed by atoms with Gasteiger partial charge >= 0.3 is 19.7 Å². The molecule has 0 atom stereocenters. The van der Waals surface area contributed by atoms with Crippen molar-refractivity contribution in [2.45, 2.75) is 122 Å². The Morgan fingerprint density at radius 3 is 1.54 bits per heavy atom. The van der Waals surface area contributed by atoms with Crippen molar-refractivity contribution in [3.63, 3.8) is 0 Å². The maximum atomic E-state index is 13.4. The van der Waals surface area contributed by atoms with Crippen LogP contribution in [0.2, 0.25) is 5.15 Å². The Hall–Kier alpha value is -8.25. The Bertz CT molecular complexity index is 3600. The van der Waals surface area contributed by atoms with Crippen molar-refractivity contribution in [2.75, 3.05) is 10.6 Å². The van der Waals surface area contributed by atoms with Crippen LogP contribution < -0.4 is 46.2 Å². The van der Waals surface area contributed by atoms with Crippen LogP contribution in [0.3, 0.4) is 0 Å². The standard InChI is InChI=1S/C24H18F2N4O4.C17H13ClF2N2O3.C13H17BN2O3.CH4/c1-14-2-6-19(28-21(14)15-3-7-20(31)30(13-15)11-10-27)29-22(32)23(8-9-23)16-4-5-17-18(12-16)34-24(25,26)33-17;1-9-2-5-13(21-14(9)18)22-15(23)16(6-7-16)10-3-4-11-12(8-10)25-17(19,20)24-11;1-12(2)13(3,4)19-14(18-12)10-5-6-11(17)16(9-10)8-7-15;/h2-7,12-13H,8-9,11H2,1H3,(H,28,29,32);2-5,8H,6-7H2,1H3,(H,21,22,23);5-6,9H,8H2,1-4H3;1H4. The van der Waals surface area contributed by atoms with Crippen molar-refractivity contribution in [2.24, 2.45) is 0 Å². The fourth-order valence-electron chi connectivity index (χ4n) is 8.71. The summed E-state index contributed by atoms with van der Waals surface area (Å²) in [6.45, 7) is 11.5. The number of nitriles is 2. The number of halogens is 5. The Morgan fingerprint density at radius 2 is 1.08 bits per heavy atom. The van der Waals surface area contributed by atoms with Crippen LogP contribution in [0.25, 0.3) is 11.3 Å². The zero-order valence-electron chi connectivity index (χ0n) is 42.7. The van der Waals surface area contributed by atoms with Gasteiger partial charge in [-0.05, 0) is 137 Å². The highest BCUT2D eigenvalue weighted by Crippen LogP contribution is 2.54. The van der Waals surface area contributed by atoms with Gasteiger partial charge in [0.25, 0.3) is 11.1 Å². The summed E-state index contributed by atoms with van der Waals surface area (Å²) in [6, 6.07) is 25.6. The van der Waals surface area contributed by atoms with Crippen molar-refractivity contribution >= 4 is 47.6 Å². The normalized spacial score (nSPS) is 17.9. The van der Waals surface area contributed by atoms with E-state index >= 15 is 0 Å². The molecule has 1 saturated heterocycles. The van der Waals surface area contributed by atoms with Gasteiger partial charge in [0.2, 0.25) is 11.8 Å². The van der Waals surface area contributed by atoms with Gasteiger partial charge in [-0.15, -0.1) is 17.6 Å². The van der Waals surface area contributed by atoms with Crippen LogP contribution in [-0.4, -0.2) is 61.8 Å². The molecule has 0 bridgehead atoms. The smallest absolute Gasteiger partial charge is 0.399 e. The number of aryl methyl sites for hydroxylation is 2. The van der Waals surface area contributed by atoms with Gasteiger partial charge in [-0.1, -0.05) is 49.4 Å². The van der Waals surface area contributed by atoms with Crippen molar-refractivity contribution in [1.29, 1.82) is 10.5 Å². The molecule has 2 aliphatic carbocycles. The van der Waals surface area contributed by atoms with Gasteiger partial charge in [-0.2, -0.15) is 10.5 Å². The summed E-state index contributed by atoms with van der Waals surface area (Å²) >= 11 is 5.97. The average Bonchev–Trinajstić information content (AvgIpc) is 4.47. The van der Waals surface area contributed by atoms with Gasteiger partial charge in [0.1, 0.15) is 29.9 Å². The highest BCUT2D eigenvalue weighted by atomic mass is 35.5. The monoisotopic (exact) mass is 1110 g/mol. The molecule has 24 heteroatoms. The topological polar surface area (TPSA) is 231 Å². The fourth-order valence-corrected chi connectivity index (χ4v) is 8.87. The highest BCUT2D eigenvalue weighted by molar-refractivity contribution is 6.62. The lowest BCUT2D eigenvalue weighted by Gasteiger charge is -2.32. The number of amides is 2. The van der Waals surface area contributed by atoms with Crippen molar-refractivity contribution in [3.8, 4) is 46.4 Å². The summed E-state index contributed by atoms with van der Waals surface area (Å²) in [5, 5.41) is 23.5. The van der Waals surface area contributed by atoms with Crippen molar-refractivity contribution < 1.29 is 55.4 Å². The molecule has 2 amide bonds. The first-order valence-corrected chi connectivity index (χ1v) is 24.7. The molecule has 2 aromatic carbocycles. The van der Waals surface area contributed by atoms with E-state index in [9.17, 15) is 36.7 Å². The second kappa shape index (κ2) is 21.2. The molecule has 0 spiro atoms. The third kappa shape index (κ3) is 11.8. The van der Waals surface area contributed by atoms with E-state index in [1.165, 1.54) is 45.5 Å². The molecular formula is C55H52BClF4N8O10. The molecule has 79 heavy (non-hydrogen) atoms. The van der Waals surface area contributed by atoms with Crippen molar-refractivity contribution in [1.82, 2.24) is 19.1 Å². The number of alkyl halides is 4. The summed E-state index contributed by atoms with van der Waals surface area (Å²) in [5.41, 5.74) is 1.69. The molecule has 5 aliphatic rings. The molecule has 3 aliphatic heterocycles. The summed E-state index contributed by atoms with van der Waals surface area (Å²) in [5.74, 6) is -0.214. The van der Waals surface area contributed by atoms with E-state index in [2.05, 4.69) is 39.5 Å². The van der Waals surface area contributed by atoms with E-state index in [1.54, 1.807) is 60.9 Å². The summed E-state index contributed by atoms with van der Waals surface area (Å²) in [4.78, 5) is 58.0. The molecule has 0 unspecified atom stereocenters. The number of hydrogen-bond acceptors (Lipinski definition) is 14.